The van der Waals surface area contributed by atoms with Crippen molar-refractivity contribution in [3.05, 3.63) is 89.3 Å². The quantitative estimate of drug-likeness (QED) is 0.370. The van der Waals surface area contributed by atoms with E-state index in [1.807, 2.05) is 54.6 Å². The summed E-state index contributed by atoms with van der Waals surface area (Å²) in [6, 6.07) is 22.7. The molecule has 0 fully saturated rings. The number of hydrogen-bond acceptors (Lipinski definition) is 4. The van der Waals surface area contributed by atoms with Crippen LogP contribution >= 0.6 is 11.6 Å². The number of furan rings is 1. The molecule has 2 aromatic heterocycles. The van der Waals surface area contributed by atoms with Crippen molar-refractivity contribution in [1.82, 2.24) is 10.1 Å². The molecule has 6 heteroatoms. The zero-order chi connectivity index (χ0) is 20.9. The second-order valence-electron chi connectivity index (χ2n) is 7.02. The molecule has 0 radical (unpaired) electrons. The van der Waals surface area contributed by atoms with Crippen molar-refractivity contribution in [1.29, 1.82) is 0 Å². The molecule has 0 aliphatic rings. The highest BCUT2D eigenvalue weighted by Crippen LogP contribution is 2.29. The highest BCUT2D eigenvalue weighted by molar-refractivity contribution is 6.33. The van der Waals surface area contributed by atoms with Crippen LogP contribution < -0.4 is 0 Å². The molecular weight excluding hydrogens is 400 g/mol. The van der Waals surface area contributed by atoms with Gasteiger partial charge in [-0.2, -0.15) is 0 Å². The number of carbonyl (C=O) groups excluding carboxylic acids is 1. The van der Waals surface area contributed by atoms with Crippen LogP contribution in [0.3, 0.4) is 0 Å². The Labute approximate surface area is 179 Å². The summed E-state index contributed by atoms with van der Waals surface area (Å²) in [5.74, 6) is 1.50. The maximum absolute atomic E-state index is 12.7. The van der Waals surface area contributed by atoms with Crippen molar-refractivity contribution < 1.29 is 13.7 Å². The van der Waals surface area contributed by atoms with Crippen molar-refractivity contribution >= 4 is 17.5 Å². The number of benzene rings is 2. The summed E-state index contributed by atoms with van der Waals surface area (Å²) < 4.78 is 11.2. The first-order valence-electron chi connectivity index (χ1n) is 9.73. The van der Waals surface area contributed by atoms with E-state index in [9.17, 15) is 4.79 Å². The molecule has 4 aromatic rings. The normalized spacial score (nSPS) is 10.9. The lowest BCUT2D eigenvalue weighted by atomic mass is 10.1. The van der Waals surface area contributed by atoms with E-state index in [-0.39, 0.29) is 5.91 Å². The van der Waals surface area contributed by atoms with E-state index in [0.29, 0.717) is 29.5 Å². The Kier molecular flexibility index (Phi) is 6.00. The third-order valence-electron chi connectivity index (χ3n) is 4.85. The van der Waals surface area contributed by atoms with Crippen molar-refractivity contribution in [2.45, 2.75) is 12.8 Å². The smallest absolute Gasteiger partial charge is 0.289 e. The van der Waals surface area contributed by atoms with Crippen LogP contribution in [0.15, 0.2) is 81.7 Å². The average molecular weight is 421 g/mol. The van der Waals surface area contributed by atoms with Gasteiger partial charge >= 0.3 is 0 Å². The van der Waals surface area contributed by atoms with E-state index < -0.39 is 0 Å². The third kappa shape index (κ3) is 4.47. The summed E-state index contributed by atoms with van der Waals surface area (Å²) >= 11 is 6.21. The minimum Gasteiger partial charge on any atom is -0.451 e. The zero-order valence-electron chi connectivity index (χ0n) is 16.5. The Bertz CT molecular complexity index is 1130. The van der Waals surface area contributed by atoms with Gasteiger partial charge in [0, 0.05) is 37.2 Å². The fourth-order valence-corrected chi connectivity index (χ4v) is 3.44. The van der Waals surface area contributed by atoms with Crippen LogP contribution in [0, 0.1) is 0 Å². The number of amides is 1. The second kappa shape index (κ2) is 9.01. The van der Waals surface area contributed by atoms with Crippen LogP contribution in [0.5, 0.6) is 0 Å². The maximum atomic E-state index is 12.7. The second-order valence-corrected chi connectivity index (χ2v) is 7.43. The van der Waals surface area contributed by atoms with E-state index in [4.69, 9.17) is 20.5 Å². The lowest BCUT2D eigenvalue weighted by Gasteiger charge is -2.15. The summed E-state index contributed by atoms with van der Waals surface area (Å²) in [4.78, 5) is 14.3. The first-order valence-corrected chi connectivity index (χ1v) is 10.1. The molecule has 0 unspecified atom stereocenters. The lowest BCUT2D eigenvalue weighted by molar-refractivity contribution is 0.0762. The Morgan fingerprint density at radius 3 is 2.60 bits per heavy atom. The minimum absolute atomic E-state index is 0.171. The number of aromatic nitrogens is 1. The SMILES string of the molecule is CN(CCCc1cc(-c2ccccc2)no1)C(=O)c1ccc(-c2ccccc2Cl)o1. The maximum Gasteiger partial charge on any atom is 0.289 e. The molecule has 0 saturated carbocycles. The molecule has 2 aromatic carbocycles. The fraction of sp³-hybridized carbons (Fsp3) is 0.167. The van der Waals surface area contributed by atoms with Gasteiger partial charge in [0.25, 0.3) is 5.91 Å². The molecule has 0 saturated heterocycles. The molecule has 5 nitrogen and oxygen atoms in total. The van der Waals surface area contributed by atoms with Crippen molar-refractivity contribution in [2.24, 2.45) is 0 Å². The summed E-state index contributed by atoms with van der Waals surface area (Å²) in [6.45, 7) is 0.572. The van der Waals surface area contributed by atoms with Gasteiger partial charge in [-0.1, -0.05) is 59.2 Å². The molecule has 1 amide bonds. The van der Waals surface area contributed by atoms with Crippen molar-refractivity contribution in [3.63, 3.8) is 0 Å². The average Bonchev–Trinajstić information content (AvgIpc) is 3.44. The molecule has 0 atom stereocenters. The van der Waals surface area contributed by atoms with Gasteiger partial charge in [-0.05, 0) is 30.7 Å². The molecule has 2 heterocycles. The predicted octanol–water partition coefficient (Wildman–Crippen LogP) is 5.96. The van der Waals surface area contributed by atoms with Gasteiger partial charge in [0.15, 0.2) is 5.76 Å². The number of hydrogen-bond donors (Lipinski definition) is 0. The first-order chi connectivity index (χ1) is 14.6. The molecule has 0 aliphatic carbocycles. The van der Waals surface area contributed by atoms with Gasteiger partial charge in [0.05, 0.1) is 5.02 Å². The number of halogens is 1. The molecule has 30 heavy (non-hydrogen) atoms. The number of nitrogens with zero attached hydrogens (tertiary/aromatic N) is 2. The molecule has 4 rings (SSSR count). The standard InChI is InChI=1S/C24H21ClN2O3/c1-27(15-7-10-18-16-21(26-30-18)17-8-3-2-4-9-17)24(28)23-14-13-22(29-23)19-11-5-6-12-20(19)25/h2-6,8-9,11-14,16H,7,10,15H2,1H3. The summed E-state index contributed by atoms with van der Waals surface area (Å²) in [6.07, 6.45) is 1.45. The monoisotopic (exact) mass is 420 g/mol. The summed E-state index contributed by atoms with van der Waals surface area (Å²) in [7, 11) is 1.76. The predicted molar refractivity (Wildman–Crippen MR) is 116 cm³/mol. The van der Waals surface area contributed by atoms with Gasteiger partial charge in [-0.25, -0.2) is 0 Å². The molecule has 0 bridgehead atoms. The topological polar surface area (TPSA) is 59.5 Å². The Morgan fingerprint density at radius 1 is 1.03 bits per heavy atom. The van der Waals surface area contributed by atoms with Crippen LogP contribution in [0.4, 0.5) is 0 Å². The number of aryl methyl sites for hydroxylation is 1. The van der Waals surface area contributed by atoms with E-state index >= 15 is 0 Å². The van der Waals surface area contributed by atoms with Gasteiger partial charge in [0.2, 0.25) is 0 Å². The number of rotatable bonds is 7. The first kappa shape index (κ1) is 20.0. The summed E-state index contributed by atoms with van der Waals surface area (Å²) in [5, 5.41) is 4.71. The molecular formula is C24H21ClN2O3. The van der Waals surface area contributed by atoms with Gasteiger partial charge in [-0.3, -0.25) is 4.79 Å². The lowest BCUT2D eigenvalue weighted by Crippen LogP contribution is -2.27. The molecule has 0 spiro atoms. The van der Waals surface area contributed by atoms with Gasteiger partial charge < -0.3 is 13.8 Å². The fourth-order valence-electron chi connectivity index (χ4n) is 3.21. The Balaban J connectivity index is 1.33. The van der Waals surface area contributed by atoms with E-state index in [2.05, 4.69) is 5.16 Å². The van der Waals surface area contributed by atoms with Crippen molar-refractivity contribution in [3.8, 4) is 22.6 Å². The van der Waals surface area contributed by atoms with Crippen LogP contribution in [-0.2, 0) is 6.42 Å². The van der Waals surface area contributed by atoms with E-state index in [0.717, 1.165) is 29.0 Å². The van der Waals surface area contributed by atoms with Gasteiger partial charge in [0.1, 0.15) is 17.2 Å². The minimum atomic E-state index is -0.171. The van der Waals surface area contributed by atoms with E-state index in [1.165, 1.54) is 0 Å². The Morgan fingerprint density at radius 2 is 1.80 bits per heavy atom. The highest BCUT2D eigenvalue weighted by Gasteiger charge is 2.17. The van der Waals surface area contributed by atoms with Gasteiger partial charge in [-0.15, -0.1) is 0 Å². The Hall–Kier alpha value is -3.31. The van der Waals surface area contributed by atoms with E-state index in [1.54, 1.807) is 30.1 Å². The largest absolute Gasteiger partial charge is 0.451 e. The third-order valence-corrected chi connectivity index (χ3v) is 5.18. The zero-order valence-corrected chi connectivity index (χ0v) is 17.3. The summed E-state index contributed by atoms with van der Waals surface area (Å²) in [5.41, 5.74) is 2.60. The van der Waals surface area contributed by atoms with Crippen LogP contribution in [0.2, 0.25) is 5.02 Å². The highest BCUT2D eigenvalue weighted by atomic mass is 35.5. The molecule has 0 N–H and O–H groups in total. The van der Waals surface area contributed by atoms with Crippen LogP contribution in [0.25, 0.3) is 22.6 Å². The number of carbonyl (C=O) groups is 1. The molecule has 152 valence electrons. The van der Waals surface area contributed by atoms with Crippen LogP contribution in [-0.4, -0.2) is 29.6 Å². The molecule has 0 aliphatic heterocycles. The van der Waals surface area contributed by atoms with Crippen molar-refractivity contribution in [2.75, 3.05) is 13.6 Å². The van der Waals surface area contributed by atoms with Crippen LogP contribution in [0.1, 0.15) is 22.7 Å².